The third kappa shape index (κ3) is 4.06. The predicted octanol–water partition coefficient (Wildman–Crippen LogP) is 3.71. The molecular weight excluding hydrogens is 381 g/mol. The summed E-state index contributed by atoms with van der Waals surface area (Å²) >= 11 is 0. The van der Waals surface area contributed by atoms with Crippen molar-refractivity contribution in [2.45, 2.75) is 32.4 Å². The van der Waals surface area contributed by atoms with Gasteiger partial charge in [0.2, 0.25) is 0 Å². The van der Waals surface area contributed by atoms with Crippen LogP contribution in [-0.4, -0.2) is 21.1 Å². The van der Waals surface area contributed by atoms with Crippen molar-refractivity contribution in [2.75, 3.05) is 17.1 Å². The molecule has 3 atom stereocenters. The van der Waals surface area contributed by atoms with Crippen LogP contribution >= 0.6 is 0 Å². The van der Waals surface area contributed by atoms with Crippen LogP contribution < -0.4 is 20.3 Å². The van der Waals surface area contributed by atoms with E-state index in [4.69, 9.17) is 4.74 Å². The van der Waals surface area contributed by atoms with Crippen LogP contribution in [0.5, 0.6) is 5.75 Å². The molecule has 2 N–H and O–H groups in total. The second kappa shape index (κ2) is 7.95. The Morgan fingerprint density at radius 3 is 2.61 bits per heavy atom. The average molecular weight is 408 g/mol. The van der Waals surface area contributed by atoms with Gasteiger partial charge < -0.3 is 10.1 Å². The van der Waals surface area contributed by atoms with E-state index in [2.05, 4.69) is 23.9 Å². The maximum Gasteiger partial charge on any atom is 0.255 e. The van der Waals surface area contributed by atoms with E-state index < -0.39 is 16.8 Å². The van der Waals surface area contributed by atoms with E-state index in [-0.39, 0.29) is 22.2 Å². The number of halogens is 1. The predicted molar refractivity (Wildman–Crippen MR) is 111 cm³/mol. The van der Waals surface area contributed by atoms with Crippen LogP contribution in [0.1, 0.15) is 25.8 Å². The fourth-order valence-corrected chi connectivity index (χ4v) is 4.82. The van der Waals surface area contributed by atoms with Crippen LogP contribution in [0.25, 0.3) is 0 Å². The van der Waals surface area contributed by atoms with E-state index in [9.17, 15) is 13.4 Å². The van der Waals surface area contributed by atoms with Gasteiger partial charge in [-0.05, 0) is 42.9 Å². The summed E-state index contributed by atoms with van der Waals surface area (Å²) in [6.45, 7) is 6.02. The molecule has 0 amide bonds. The maximum atomic E-state index is 14.4. The van der Waals surface area contributed by atoms with Gasteiger partial charge in [0.1, 0.15) is 28.3 Å². The van der Waals surface area contributed by atoms with E-state index in [1.165, 1.54) is 23.8 Å². The summed E-state index contributed by atoms with van der Waals surface area (Å²) in [4.78, 5) is 12.3. The molecule has 0 aliphatic heterocycles. The number of hydrogen-bond donors (Lipinski definition) is 2. The van der Waals surface area contributed by atoms with Crippen molar-refractivity contribution in [3.05, 3.63) is 46.0 Å². The molecule has 3 unspecified atom stereocenters. The Morgan fingerprint density at radius 1 is 1.32 bits per heavy atom. The van der Waals surface area contributed by atoms with Crippen molar-refractivity contribution in [3.63, 3.8) is 0 Å². The van der Waals surface area contributed by atoms with Gasteiger partial charge in [-0.2, -0.15) is 0 Å². The Bertz CT molecular complexity index is 974. The minimum atomic E-state index is -1.35. The Labute approximate surface area is 166 Å². The van der Waals surface area contributed by atoms with Gasteiger partial charge in [0.15, 0.2) is 5.75 Å². The number of rotatable bonds is 7. The molecule has 152 valence electrons. The third-order valence-corrected chi connectivity index (χ3v) is 6.61. The fourth-order valence-electron chi connectivity index (χ4n) is 3.24. The number of pyridine rings is 1. The van der Waals surface area contributed by atoms with Crippen molar-refractivity contribution >= 4 is 28.2 Å². The minimum Gasteiger partial charge on any atom is -0.494 e. The van der Waals surface area contributed by atoms with Crippen molar-refractivity contribution in [3.8, 4) is 5.75 Å². The highest BCUT2D eigenvalue weighted by Gasteiger charge is 2.44. The zero-order valence-electron chi connectivity index (χ0n) is 16.7. The van der Waals surface area contributed by atoms with Gasteiger partial charge in [-0.25, -0.2) is 8.60 Å². The second-order valence-electron chi connectivity index (χ2n) is 7.52. The van der Waals surface area contributed by atoms with E-state index >= 15 is 0 Å². The largest absolute Gasteiger partial charge is 0.494 e. The van der Waals surface area contributed by atoms with Gasteiger partial charge in [-0.15, -0.1) is 0 Å². The van der Waals surface area contributed by atoms with Gasteiger partial charge in [-0.3, -0.25) is 14.1 Å². The number of nitrogens with one attached hydrogen (secondary N) is 2. The SMILES string of the molecule is COc1cc(=O)n(C)c(Nc2ccc(C)cc2F)c1NS(=O)C1CC1C(C)C. The molecule has 0 spiro atoms. The zero-order chi connectivity index (χ0) is 20.6. The molecule has 1 saturated carbocycles. The molecule has 1 aliphatic carbocycles. The van der Waals surface area contributed by atoms with Crippen molar-refractivity contribution in [2.24, 2.45) is 18.9 Å². The van der Waals surface area contributed by atoms with Gasteiger partial charge >= 0.3 is 0 Å². The quantitative estimate of drug-likeness (QED) is 0.734. The lowest BCUT2D eigenvalue weighted by atomic mass is 10.1. The van der Waals surface area contributed by atoms with E-state index in [0.717, 1.165) is 12.0 Å². The molecule has 3 rings (SSSR count). The van der Waals surface area contributed by atoms with E-state index in [1.54, 1.807) is 26.1 Å². The normalized spacial score (nSPS) is 19.4. The molecule has 2 aromatic rings. The van der Waals surface area contributed by atoms with Crippen LogP contribution in [0.4, 0.5) is 21.6 Å². The first-order valence-corrected chi connectivity index (χ1v) is 10.4. The maximum absolute atomic E-state index is 14.4. The average Bonchev–Trinajstić information content (AvgIpc) is 3.44. The summed E-state index contributed by atoms with van der Waals surface area (Å²) in [5.41, 5.74) is 1.05. The molecule has 1 aliphatic rings. The summed E-state index contributed by atoms with van der Waals surface area (Å²) < 4.78 is 36.9. The number of ether oxygens (including phenoxy) is 1. The van der Waals surface area contributed by atoms with Crippen LogP contribution in [0.15, 0.2) is 29.1 Å². The standard InChI is InChI=1S/C20H26FN3O3S/c1-11(2)13-9-17(13)28(26)23-19-16(27-5)10-18(25)24(4)20(19)22-15-7-6-12(3)8-14(15)21/h6-8,10-11,13,17,22-23H,9H2,1-5H3. The van der Waals surface area contributed by atoms with E-state index in [0.29, 0.717) is 23.3 Å². The lowest BCUT2D eigenvalue weighted by Crippen LogP contribution is -2.23. The lowest BCUT2D eigenvalue weighted by molar-refractivity contribution is 0.415. The number of anilines is 3. The fraction of sp³-hybridized carbons (Fsp3) is 0.450. The first-order valence-electron chi connectivity index (χ1n) is 9.21. The smallest absolute Gasteiger partial charge is 0.255 e. The molecule has 0 radical (unpaired) electrons. The zero-order valence-corrected chi connectivity index (χ0v) is 17.5. The highest BCUT2D eigenvalue weighted by atomic mass is 32.2. The number of benzene rings is 1. The Hall–Kier alpha value is -2.35. The van der Waals surface area contributed by atoms with Gasteiger partial charge in [0.25, 0.3) is 5.56 Å². The Morgan fingerprint density at radius 2 is 2.04 bits per heavy atom. The highest BCUT2D eigenvalue weighted by molar-refractivity contribution is 7.87. The van der Waals surface area contributed by atoms with Crippen molar-refractivity contribution in [1.29, 1.82) is 0 Å². The number of hydrogen-bond acceptors (Lipinski definition) is 4. The number of methoxy groups -OCH3 is 1. The number of nitrogens with zero attached hydrogens (tertiary/aromatic N) is 1. The Balaban J connectivity index is 1.99. The molecule has 0 bridgehead atoms. The highest BCUT2D eigenvalue weighted by Crippen LogP contribution is 2.43. The number of aromatic nitrogens is 1. The van der Waals surface area contributed by atoms with Crippen LogP contribution in [0.2, 0.25) is 0 Å². The molecular formula is C20H26FN3O3S. The summed E-state index contributed by atoms with van der Waals surface area (Å²) in [5.74, 6) is 0.967. The van der Waals surface area contributed by atoms with Crippen LogP contribution in [-0.2, 0) is 18.0 Å². The van der Waals surface area contributed by atoms with Crippen molar-refractivity contribution < 1.29 is 13.3 Å². The topological polar surface area (TPSA) is 72.4 Å². The molecule has 1 aromatic carbocycles. The summed E-state index contributed by atoms with van der Waals surface area (Å²) in [6, 6.07) is 6.10. The molecule has 1 aromatic heterocycles. The molecule has 1 fully saturated rings. The van der Waals surface area contributed by atoms with Gasteiger partial charge in [0.05, 0.1) is 18.0 Å². The van der Waals surface area contributed by atoms with Crippen LogP contribution in [0.3, 0.4) is 0 Å². The first kappa shape index (κ1) is 20.4. The van der Waals surface area contributed by atoms with Gasteiger partial charge in [-0.1, -0.05) is 19.9 Å². The Kier molecular flexibility index (Phi) is 5.79. The molecule has 0 saturated heterocycles. The third-order valence-electron chi connectivity index (χ3n) is 5.11. The van der Waals surface area contributed by atoms with Crippen LogP contribution in [0, 0.1) is 24.6 Å². The van der Waals surface area contributed by atoms with E-state index in [1.807, 2.05) is 0 Å². The monoisotopic (exact) mass is 407 g/mol. The molecule has 28 heavy (non-hydrogen) atoms. The lowest BCUT2D eigenvalue weighted by Gasteiger charge is -2.20. The van der Waals surface area contributed by atoms with Gasteiger partial charge in [0, 0.05) is 13.1 Å². The molecule has 1 heterocycles. The number of aryl methyl sites for hydroxylation is 1. The first-order chi connectivity index (χ1) is 13.2. The molecule has 6 nitrogen and oxygen atoms in total. The second-order valence-corrected chi connectivity index (χ2v) is 8.93. The summed E-state index contributed by atoms with van der Waals surface area (Å²) in [6.07, 6.45) is 0.890. The minimum absolute atomic E-state index is 0.0471. The molecule has 8 heteroatoms. The summed E-state index contributed by atoms with van der Waals surface area (Å²) in [5, 5.41) is 3.01. The summed E-state index contributed by atoms with van der Waals surface area (Å²) in [7, 11) is 1.66. The van der Waals surface area contributed by atoms with Crippen molar-refractivity contribution in [1.82, 2.24) is 4.57 Å².